The summed E-state index contributed by atoms with van der Waals surface area (Å²) in [5.74, 6) is 0.923. The predicted molar refractivity (Wildman–Crippen MR) is 106 cm³/mol. The molecule has 128 valence electrons. The second-order valence-corrected chi connectivity index (χ2v) is 6.94. The first kappa shape index (κ1) is 16.5. The summed E-state index contributed by atoms with van der Waals surface area (Å²) < 4.78 is 5.23. The van der Waals surface area contributed by atoms with Gasteiger partial charge in [0.05, 0.1) is 13.0 Å². The fraction of sp³-hybridized carbons (Fsp3) is 0.0909. The van der Waals surface area contributed by atoms with Gasteiger partial charge >= 0.3 is 0 Å². The molecule has 0 aliphatic rings. The lowest BCUT2D eigenvalue weighted by Gasteiger charge is -2.14. The van der Waals surface area contributed by atoms with Gasteiger partial charge in [0.25, 0.3) is 0 Å². The molecule has 0 unspecified atom stereocenters. The minimum absolute atomic E-state index is 0.0851. The van der Waals surface area contributed by atoms with Gasteiger partial charge in [-0.2, -0.15) is 0 Å². The molecule has 0 bridgehead atoms. The van der Waals surface area contributed by atoms with Crippen LogP contribution in [0.1, 0.15) is 22.1 Å². The maximum Gasteiger partial charge on any atom is 0.147 e. The van der Waals surface area contributed by atoms with Crippen LogP contribution in [0, 0.1) is 0 Å². The summed E-state index contributed by atoms with van der Waals surface area (Å²) in [5, 5.41) is 10.9. The van der Waals surface area contributed by atoms with Crippen LogP contribution in [0.15, 0.2) is 84.9 Å². The molecule has 3 aromatic carbocycles. The highest BCUT2D eigenvalue weighted by Gasteiger charge is 2.21. The lowest BCUT2D eigenvalue weighted by atomic mass is 9.92. The van der Waals surface area contributed by atoms with Gasteiger partial charge < -0.3 is 4.74 Å². The third-order valence-electron chi connectivity index (χ3n) is 4.29. The number of hydrogen-bond acceptors (Lipinski definition) is 4. The summed E-state index contributed by atoms with van der Waals surface area (Å²) in [6.07, 6.45) is 0. The zero-order valence-corrected chi connectivity index (χ0v) is 15.2. The Kier molecular flexibility index (Phi) is 4.75. The Morgan fingerprint density at radius 1 is 0.731 bits per heavy atom. The number of ether oxygens (including phenoxy) is 1. The molecule has 4 heteroatoms. The van der Waals surface area contributed by atoms with Gasteiger partial charge in [-0.05, 0) is 35.4 Å². The van der Waals surface area contributed by atoms with Crippen LogP contribution in [0.4, 0.5) is 0 Å². The Morgan fingerprint density at radius 2 is 1.31 bits per heavy atom. The van der Waals surface area contributed by atoms with E-state index in [1.54, 1.807) is 18.4 Å². The van der Waals surface area contributed by atoms with Gasteiger partial charge in [-0.3, -0.25) is 0 Å². The van der Waals surface area contributed by atoms with Crippen LogP contribution < -0.4 is 4.74 Å². The van der Waals surface area contributed by atoms with E-state index >= 15 is 0 Å². The molecule has 0 N–H and O–H groups in total. The van der Waals surface area contributed by atoms with Crippen LogP contribution in [-0.4, -0.2) is 17.3 Å². The molecule has 1 aromatic heterocycles. The van der Waals surface area contributed by atoms with E-state index in [2.05, 4.69) is 58.7 Å². The Morgan fingerprint density at radius 3 is 1.85 bits per heavy atom. The lowest BCUT2D eigenvalue weighted by molar-refractivity contribution is 0.415. The molecule has 0 amide bonds. The molecular formula is C22H18N2OS. The largest absolute Gasteiger partial charge is 0.497 e. The van der Waals surface area contributed by atoms with Gasteiger partial charge in [0.2, 0.25) is 0 Å². The first-order valence-electron chi connectivity index (χ1n) is 8.43. The summed E-state index contributed by atoms with van der Waals surface area (Å²) in [4.78, 5) is 0. The summed E-state index contributed by atoms with van der Waals surface area (Å²) in [6, 6.07) is 28.8. The number of benzene rings is 3. The number of nitrogens with zero attached hydrogens (tertiary/aromatic N) is 2. The van der Waals surface area contributed by atoms with E-state index in [0.717, 1.165) is 21.3 Å². The molecule has 4 rings (SSSR count). The van der Waals surface area contributed by atoms with E-state index < -0.39 is 0 Å². The van der Waals surface area contributed by atoms with Crippen molar-refractivity contribution >= 4 is 11.3 Å². The Hall–Kier alpha value is -2.98. The quantitative estimate of drug-likeness (QED) is 0.479. The highest BCUT2D eigenvalue weighted by atomic mass is 32.1. The SMILES string of the molecule is COc1ccc(-c2nnc(C(c3ccccc3)c3ccccc3)s2)cc1. The summed E-state index contributed by atoms with van der Waals surface area (Å²) in [7, 11) is 1.67. The standard InChI is InChI=1S/C22H18N2OS/c1-25-19-14-12-18(13-15-19)21-23-24-22(26-21)20(16-8-4-2-5-9-16)17-10-6-3-7-11-17/h2-15,20H,1H3. The van der Waals surface area contributed by atoms with Gasteiger partial charge in [0.1, 0.15) is 15.8 Å². The monoisotopic (exact) mass is 358 g/mol. The smallest absolute Gasteiger partial charge is 0.147 e. The molecule has 0 fully saturated rings. The molecular weight excluding hydrogens is 340 g/mol. The van der Waals surface area contributed by atoms with Crippen LogP contribution in [0.5, 0.6) is 5.75 Å². The molecule has 0 spiro atoms. The topological polar surface area (TPSA) is 35.0 Å². The number of aromatic nitrogens is 2. The number of rotatable bonds is 5. The van der Waals surface area contributed by atoms with Crippen LogP contribution in [0.2, 0.25) is 0 Å². The summed E-state index contributed by atoms with van der Waals surface area (Å²) in [5.41, 5.74) is 3.49. The molecule has 3 nitrogen and oxygen atoms in total. The van der Waals surface area contributed by atoms with Crippen LogP contribution in [0.3, 0.4) is 0 Å². The molecule has 0 atom stereocenters. The van der Waals surface area contributed by atoms with Crippen LogP contribution in [-0.2, 0) is 0 Å². The van der Waals surface area contributed by atoms with Crippen molar-refractivity contribution in [1.82, 2.24) is 10.2 Å². The maximum absolute atomic E-state index is 5.23. The third kappa shape index (κ3) is 3.37. The lowest BCUT2D eigenvalue weighted by Crippen LogP contribution is -2.02. The Labute approximate surface area is 156 Å². The average molecular weight is 358 g/mol. The molecule has 26 heavy (non-hydrogen) atoms. The van der Waals surface area contributed by atoms with Crippen molar-refractivity contribution in [2.75, 3.05) is 7.11 Å². The zero-order chi connectivity index (χ0) is 17.8. The molecule has 0 saturated carbocycles. The van der Waals surface area contributed by atoms with Crippen molar-refractivity contribution in [2.45, 2.75) is 5.92 Å². The number of methoxy groups -OCH3 is 1. The highest BCUT2D eigenvalue weighted by molar-refractivity contribution is 7.14. The fourth-order valence-electron chi connectivity index (χ4n) is 2.97. The van der Waals surface area contributed by atoms with Crippen LogP contribution >= 0.6 is 11.3 Å². The van der Waals surface area contributed by atoms with E-state index in [4.69, 9.17) is 4.74 Å². The van der Waals surface area contributed by atoms with Crippen molar-refractivity contribution in [3.05, 3.63) is 101 Å². The second kappa shape index (κ2) is 7.50. The van der Waals surface area contributed by atoms with Crippen molar-refractivity contribution in [3.63, 3.8) is 0 Å². The molecule has 1 heterocycles. The predicted octanol–water partition coefficient (Wildman–Crippen LogP) is 5.39. The zero-order valence-electron chi connectivity index (χ0n) is 14.4. The van der Waals surface area contributed by atoms with Gasteiger partial charge in [0.15, 0.2) is 0 Å². The van der Waals surface area contributed by atoms with E-state index in [1.807, 2.05) is 36.4 Å². The third-order valence-corrected chi connectivity index (χ3v) is 5.33. The molecule has 0 aliphatic heterocycles. The second-order valence-electron chi connectivity index (χ2n) is 5.93. The Balaban J connectivity index is 1.74. The minimum Gasteiger partial charge on any atom is -0.497 e. The van der Waals surface area contributed by atoms with E-state index in [0.29, 0.717) is 0 Å². The van der Waals surface area contributed by atoms with Crippen LogP contribution in [0.25, 0.3) is 10.6 Å². The molecule has 0 radical (unpaired) electrons. The molecule has 4 aromatic rings. The van der Waals surface area contributed by atoms with Crippen molar-refractivity contribution in [3.8, 4) is 16.3 Å². The van der Waals surface area contributed by atoms with Gasteiger partial charge in [0, 0.05) is 5.56 Å². The first-order valence-corrected chi connectivity index (χ1v) is 9.24. The normalized spacial score (nSPS) is 10.8. The van der Waals surface area contributed by atoms with E-state index in [1.165, 1.54) is 11.1 Å². The maximum atomic E-state index is 5.23. The summed E-state index contributed by atoms with van der Waals surface area (Å²) >= 11 is 1.63. The fourth-order valence-corrected chi connectivity index (χ4v) is 3.98. The first-order chi connectivity index (χ1) is 12.8. The average Bonchev–Trinajstić information content (AvgIpc) is 3.19. The number of hydrogen-bond donors (Lipinski definition) is 0. The molecule has 0 saturated heterocycles. The molecule has 0 aliphatic carbocycles. The van der Waals surface area contributed by atoms with Gasteiger partial charge in [-0.15, -0.1) is 10.2 Å². The highest BCUT2D eigenvalue weighted by Crippen LogP contribution is 2.36. The van der Waals surface area contributed by atoms with Crippen molar-refractivity contribution in [2.24, 2.45) is 0 Å². The minimum atomic E-state index is 0.0851. The van der Waals surface area contributed by atoms with E-state index in [-0.39, 0.29) is 5.92 Å². The van der Waals surface area contributed by atoms with Crippen molar-refractivity contribution in [1.29, 1.82) is 0 Å². The van der Waals surface area contributed by atoms with Gasteiger partial charge in [-0.25, -0.2) is 0 Å². The van der Waals surface area contributed by atoms with E-state index in [9.17, 15) is 0 Å². The van der Waals surface area contributed by atoms with Gasteiger partial charge in [-0.1, -0.05) is 72.0 Å². The van der Waals surface area contributed by atoms with Crippen molar-refractivity contribution < 1.29 is 4.74 Å². The Bertz CT molecular complexity index is 926. The summed E-state index contributed by atoms with van der Waals surface area (Å²) in [6.45, 7) is 0.